The fourth-order valence-corrected chi connectivity index (χ4v) is 2.24. The van der Waals surface area contributed by atoms with Gasteiger partial charge < -0.3 is 5.11 Å². The van der Waals surface area contributed by atoms with Crippen molar-refractivity contribution < 1.29 is 9.90 Å². The van der Waals surface area contributed by atoms with Crippen molar-refractivity contribution in [3.63, 3.8) is 0 Å². The normalized spacial score (nSPS) is 10.9. The number of aromatic carboxylic acids is 1. The maximum Gasteiger partial charge on any atom is 0.335 e. The number of aliphatic imine (C=N–C) groups is 1. The first-order valence-electron chi connectivity index (χ1n) is 6.17. The van der Waals surface area contributed by atoms with Gasteiger partial charge in [-0.3, -0.25) is 4.99 Å². The molecule has 0 heterocycles. The lowest BCUT2D eigenvalue weighted by Crippen LogP contribution is -1.95. The third-order valence-corrected chi connectivity index (χ3v) is 3.40. The van der Waals surface area contributed by atoms with Gasteiger partial charge in [-0.25, -0.2) is 4.79 Å². The molecule has 0 aromatic heterocycles. The Morgan fingerprint density at radius 3 is 2.80 bits per heavy atom. The summed E-state index contributed by atoms with van der Waals surface area (Å²) in [4.78, 5) is 15.3. The number of benzene rings is 2. The average molecular weight is 332 g/mol. The Morgan fingerprint density at radius 2 is 2.10 bits per heavy atom. The molecule has 1 N–H and O–H groups in total. The van der Waals surface area contributed by atoms with Gasteiger partial charge in [0.25, 0.3) is 0 Å². The SMILES string of the molecule is Cc1ccc(C(=O)O)cc1N=CCc1cccc(Br)c1. The van der Waals surface area contributed by atoms with Gasteiger partial charge in [-0.2, -0.15) is 0 Å². The van der Waals surface area contributed by atoms with Crippen molar-refractivity contribution in [1.29, 1.82) is 0 Å². The number of aryl methyl sites for hydroxylation is 1. The lowest BCUT2D eigenvalue weighted by molar-refractivity contribution is 0.0697. The third-order valence-electron chi connectivity index (χ3n) is 2.90. The molecule has 0 fully saturated rings. The molecule has 0 aliphatic heterocycles. The minimum absolute atomic E-state index is 0.255. The van der Waals surface area contributed by atoms with E-state index in [-0.39, 0.29) is 5.56 Å². The summed E-state index contributed by atoms with van der Waals surface area (Å²) in [6, 6.07) is 13.0. The topological polar surface area (TPSA) is 49.7 Å². The highest BCUT2D eigenvalue weighted by Gasteiger charge is 2.04. The molecule has 0 unspecified atom stereocenters. The fraction of sp³-hybridized carbons (Fsp3) is 0.125. The van der Waals surface area contributed by atoms with E-state index >= 15 is 0 Å². The van der Waals surface area contributed by atoms with Crippen LogP contribution in [0.3, 0.4) is 0 Å². The minimum Gasteiger partial charge on any atom is -0.478 e. The number of carboxylic acid groups (broad SMARTS) is 1. The molecule has 0 amide bonds. The van der Waals surface area contributed by atoms with Crippen LogP contribution in [0.15, 0.2) is 51.9 Å². The zero-order valence-electron chi connectivity index (χ0n) is 11.0. The molecule has 20 heavy (non-hydrogen) atoms. The molecule has 102 valence electrons. The molecule has 0 atom stereocenters. The summed E-state index contributed by atoms with van der Waals surface area (Å²) in [5.41, 5.74) is 3.06. The molecule has 0 aliphatic rings. The van der Waals surface area contributed by atoms with E-state index in [1.165, 1.54) is 0 Å². The zero-order chi connectivity index (χ0) is 14.5. The van der Waals surface area contributed by atoms with Gasteiger partial charge in [0.2, 0.25) is 0 Å². The van der Waals surface area contributed by atoms with Crippen LogP contribution in [-0.4, -0.2) is 17.3 Å². The summed E-state index contributed by atoms with van der Waals surface area (Å²) < 4.78 is 1.03. The molecule has 4 heteroatoms. The molecule has 0 radical (unpaired) electrons. The van der Waals surface area contributed by atoms with Crippen LogP contribution in [0.25, 0.3) is 0 Å². The summed E-state index contributed by atoms with van der Waals surface area (Å²) >= 11 is 3.43. The predicted molar refractivity (Wildman–Crippen MR) is 84.1 cm³/mol. The lowest BCUT2D eigenvalue weighted by atomic mass is 10.1. The molecular formula is C16H14BrNO2. The summed E-state index contributed by atoms with van der Waals surface area (Å²) in [5, 5.41) is 8.98. The molecule has 0 aliphatic carbocycles. The number of carbonyl (C=O) groups is 1. The Morgan fingerprint density at radius 1 is 1.30 bits per heavy atom. The first-order chi connectivity index (χ1) is 9.56. The van der Waals surface area contributed by atoms with E-state index in [1.807, 2.05) is 31.2 Å². The molecule has 2 aromatic rings. The molecule has 0 spiro atoms. The van der Waals surface area contributed by atoms with Gasteiger partial charge >= 0.3 is 5.97 Å². The van der Waals surface area contributed by atoms with E-state index < -0.39 is 5.97 Å². The number of carboxylic acids is 1. The minimum atomic E-state index is -0.937. The van der Waals surface area contributed by atoms with Crippen LogP contribution in [-0.2, 0) is 6.42 Å². The van der Waals surface area contributed by atoms with Gasteiger partial charge in [-0.1, -0.05) is 34.1 Å². The van der Waals surface area contributed by atoms with E-state index in [4.69, 9.17) is 5.11 Å². The van der Waals surface area contributed by atoms with Gasteiger partial charge in [0.05, 0.1) is 11.3 Å². The first-order valence-corrected chi connectivity index (χ1v) is 6.96. The van der Waals surface area contributed by atoms with E-state index in [9.17, 15) is 4.79 Å². The van der Waals surface area contributed by atoms with Gasteiger partial charge in [0.15, 0.2) is 0 Å². The molecule has 3 nitrogen and oxygen atoms in total. The van der Waals surface area contributed by atoms with Crippen LogP contribution >= 0.6 is 15.9 Å². The summed E-state index contributed by atoms with van der Waals surface area (Å²) in [7, 11) is 0. The number of halogens is 1. The summed E-state index contributed by atoms with van der Waals surface area (Å²) in [6.45, 7) is 1.91. The van der Waals surface area contributed by atoms with Gasteiger partial charge in [-0.05, 0) is 42.3 Å². The van der Waals surface area contributed by atoms with Gasteiger partial charge in [0, 0.05) is 17.1 Å². The quantitative estimate of drug-likeness (QED) is 0.844. The Kier molecular flexibility index (Phi) is 4.69. The fourth-order valence-electron chi connectivity index (χ4n) is 1.79. The van der Waals surface area contributed by atoms with Crippen molar-refractivity contribution in [2.75, 3.05) is 0 Å². The molecule has 2 aromatic carbocycles. The van der Waals surface area contributed by atoms with Gasteiger partial charge in [0.1, 0.15) is 0 Å². The van der Waals surface area contributed by atoms with Crippen molar-refractivity contribution >= 4 is 33.8 Å². The predicted octanol–water partition coefficient (Wildman–Crippen LogP) is 4.40. The standard InChI is InChI=1S/C16H14BrNO2/c1-11-5-6-13(16(19)20)10-15(11)18-8-7-12-3-2-4-14(17)9-12/h2-6,8-10H,7H2,1H3,(H,19,20). The second-order valence-electron chi connectivity index (χ2n) is 4.45. The second-order valence-corrected chi connectivity index (χ2v) is 5.37. The number of nitrogens with zero attached hydrogens (tertiary/aromatic N) is 1. The van der Waals surface area contributed by atoms with Crippen molar-refractivity contribution in [1.82, 2.24) is 0 Å². The molecular weight excluding hydrogens is 318 g/mol. The Bertz CT molecular complexity index is 665. The maximum absolute atomic E-state index is 10.9. The average Bonchev–Trinajstić information content (AvgIpc) is 2.40. The van der Waals surface area contributed by atoms with Crippen molar-refractivity contribution in [3.05, 3.63) is 63.6 Å². The first kappa shape index (κ1) is 14.5. The highest BCUT2D eigenvalue weighted by atomic mass is 79.9. The highest BCUT2D eigenvalue weighted by molar-refractivity contribution is 9.10. The monoisotopic (exact) mass is 331 g/mol. The van der Waals surface area contributed by atoms with Crippen LogP contribution < -0.4 is 0 Å². The van der Waals surface area contributed by atoms with Crippen LogP contribution in [0.1, 0.15) is 21.5 Å². The highest BCUT2D eigenvalue weighted by Crippen LogP contribution is 2.20. The lowest BCUT2D eigenvalue weighted by Gasteiger charge is -2.02. The number of hydrogen-bond acceptors (Lipinski definition) is 2. The Balaban J connectivity index is 2.15. The van der Waals surface area contributed by atoms with Crippen LogP contribution in [0.4, 0.5) is 5.69 Å². The summed E-state index contributed by atoms with van der Waals surface area (Å²) in [5.74, 6) is -0.937. The molecule has 0 saturated heterocycles. The van der Waals surface area contributed by atoms with Crippen molar-refractivity contribution in [3.8, 4) is 0 Å². The molecule has 2 rings (SSSR count). The van der Waals surface area contributed by atoms with Crippen LogP contribution in [0.5, 0.6) is 0 Å². The number of hydrogen-bond donors (Lipinski definition) is 1. The summed E-state index contributed by atoms with van der Waals surface area (Å²) in [6.07, 6.45) is 2.51. The zero-order valence-corrected chi connectivity index (χ0v) is 12.6. The van der Waals surface area contributed by atoms with E-state index in [0.29, 0.717) is 12.1 Å². The van der Waals surface area contributed by atoms with E-state index in [0.717, 1.165) is 15.6 Å². The van der Waals surface area contributed by atoms with Crippen molar-refractivity contribution in [2.45, 2.75) is 13.3 Å². The second kappa shape index (κ2) is 6.48. The van der Waals surface area contributed by atoms with Crippen LogP contribution in [0, 0.1) is 6.92 Å². The number of rotatable bonds is 4. The van der Waals surface area contributed by atoms with Crippen molar-refractivity contribution in [2.24, 2.45) is 4.99 Å². The van der Waals surface area contributed by atoms with Crippen LogP contribution in [0.2, 0.25) is 0 Å². The maximum atomic E-state index is 10.9. The molecule has 0 bridgehead atoms. The van der Waals surface area contributed by atoms with E-state index in [2.05, 4.69) is 20.9 Å². The molecule has 0 saturated carbocycles. The smallest absolute Gasteiger partial charge is 0.335 e. The Labute approximate surface area is 126 Å². The third kappa shape index (κ3) is 3.78. The van der Waals surface area contributed by atoms with E-state index in [1.54, 1.807) is 24.4 Å². The van der Waals surface area contributed by atoms with Gasteiger partial charge in [-0.15, -0.1) is 0 Å². The Hall–Kier alpha value is -1.94. The largest absolute Gasteiger partial charge is 0.478 e.